The molecule has 0 atom stereocenters. The Morgan fingerprint density at radius 1 is 1.78 bits per heavy atom. The predicted molar refractivity (Wildman–Crippen MR) is 37.2 cm³/mol. The molecule has 0 bridgehead atoms. The molecular formula is C6H11N3. The topological polar surface area (TPSA) is 39.1 Å². The zero-order valence-electron chi connectivity index (χ0n) is 5.73. The van der Waals surface area contributed by atoms with Gasteiger partial charge in [-0.1, -0.05) is 0 Å². The highest BCUT2D eigenvalue weighted by Gasteiger charge is 2.08. The molecule has 1 rings (SSSR count). The van der Waals surface area contributed by atoms with Crippen molar-refractivity contribution in [2.24, 2.45) is 0 Å². The van der Waals surface area contributed by atoms with Crippen molar-refractivity contribution < 1.29 is 0 Å². The van der Waals surface area contributed by atoms with Crippen molar-refractivity contribution in [1.82, 2.24) is 10.2 Å². The van der Waals surface area contributed by atoms with E-state index in [0.29, 0.717) is 5.84 Å². The Hall–Kier alpha value is -0.990. The lowest BCUT2D eigenvalue weighted by atomic mass is 10.2. The second-order valence-electron chi connectivity index (χ2n) is 2.24. The molecule has 0 unspecified atom stereocenters. The summed E-state index contributed by atoms with van der Waals surface area (Å²) in [4.78, 5) is 1.86. The Labute approximate surface area is 54.9 Å². The van der Waals surface area contributed by atoms with E-state index >= 15 is 0 Å². The van der Waals surface area contributed by atoms with Crippen LogP contribution in [-0.4, -0.2) is 24.5 Å². The minimum absolute atomic E-state index is 0.605. The molecule has 1 heterocycles. The number of amidine groups is 1. The zero-order chi connectivity index (χ0) is 6.85. The van der Waals surface area contributed by atoms with Crippen LogP contribution in [0.2, 0.25) is 0 Å². The van der Waals surface area contributed by atoms with Crippen LogP contribution in [0.3, 0.4) is 0 Å². The van der Waals surface area contributed by atoms with Gasteiger partial charge in [-0.25, -0.2) is 0 Å². The lowest BCUT2D eigenvalue weighted by Crippen LogP contribution is -2.38. The molecule has 0 amide bonds. The Bertz CT molecular complexity index is 160. The van der Waals surface area contributed by atoms with Crippen LogP contribution >= 0.6 is 0 Å². The van der Waals surface area contributed by atoms with Gasteiger partial charge in [0.1, 0.15) is 5.84 Å². The van der Waals surface area contributed by atoms with Crippen LogP contribution in [0.25, 0.3) is 0 Å². The third kappa shape index (κ3) is 1.04. The normalized spacial score (nSPS) is 19.1. The van der Waals surface area contributed by atoms with Gasteiger partial charge in [-0.05, 0) is 6.92 Å². The molecular weight excluding hydrogens is 114 g/mol. The van der Waals surface area contributed by atoms with Gasteiger partial charge in [-0.2, -0.15) is 0 Å². The molecule has 0 aromatic heterocycles. The van der Waals surface area contributed by atoms with E-state index in [9.17, 15) is 0 Å². The zero-order valence-corrected chi connectivity index (χ0v) is 5.73. The molecule has 0 aliphatic carbocycles. The smallest absolute Gasteiger partial charge is 0.126 e. The molecule has 1 aliphatic heterocycles. The SMILES string of the molecule is CC1=CNCN(C)C1=N. The number of hydrogen-bond donors (Lipinski definition) is 2. The summed E-state index contributed by atoms with van der Waals surface area (Å²) in [5.74, 6) is 0.605. The van der Waals surface area contributed by atoms with Gasteiger partial charge in [-0.3, -0.25) is 5.41 Å². The fourth-order valence-electron chi connectivity index (χ4n) is 0.784. The fraction of sp³-hybridized carbons (Fsp3) is 0.500. The van der Waals surface area contributed by atoms with E-state index in [4.69, 9.17) is 5.41 Å². The molecule has 3 nitrogen and oxygen atoms in total. The van der Waals surface area contributed by atoms with Crippen LogP contribution in [0.15, 0.2) is 11.8 Å². The summed E-state index contributed by atoms with van der Waals surface area (Å²) in [6, 6.07) is 0. The molecule has 9 heavy (non-hydrogen) atoms. The van der Waals surface area contributed by atoms with Gasteiger partial charge in [0.15, 0.2) is 0 Å². The summed E-state index contributed by atoms with van der Waals surface area (Å²) in [7, 11) is 1.89. The summed E-state index contributed by atoms with van der Waals surface area (Å²) in [5.41, 5.74) is 0.990. The molecule has 2 N–H and O–H groups in total. The Balaban J connectivity index is 2.74. The lowest BCUT2D eigenvalue weighted by molar-refractivity contribution is 0.465. The molecule has 0 fully saturated rings. The van der Waals surface area contributed by atoms with Crippen molar-refractivity contribution >= 4 is 5.84 Å². The molecule has 1 aliphatic rings. The van der Waals surface area contributed by atoms with E-state index in [1.165, 1.54) is 0 Å². The molecule has 0 radical (unpaired) electrons. The summed E-state index contributed by atoms with van der Waals surface area (Å²) in [6.07, 6.45) is 1.86. The van der Waals surface area contributed by atoms with Crippen molar-refractivity contribution in [1.29, 1.82) is 5.41 Å². The van der Waals surface area contributed by atoms with Crippen LogP contribution in [-0.2, 0) is 0 Å². The van der Waals surface area contributed by atoms with Crippen molar-refractivity contribution in [3.63, 3.8) is 0 Å². The second-order valence-corrected chi connectivity index (χ2v) is 2.24. The highest BCUT2D eigenvalue weighted by molar-refractivity contribution is 5.95. The summed E-state index contributed by atoms with van der Waals surface area (Å²) < 4.78 is 0. The van der Waals surface area contributed by atoms with E-state index in [2.05, 4.69) is 5.32 Å². The highest BCUT2D eigenvalue weighted by Crippen LogP contribution is 2.00. The molecule has 0 spiro atoms. The van der Waals surface area contributed by atoms with Crippen molar-refractivity contribution in [2.45, 2.75) is 6.92 Å². The Morgan fingerprint density at radius 2 is 2.44 bits per heavy atom. The minimum atomic E-state index is 0.605. The molecule has 0 saturated heterocycles. The number of nitrogens with zero attached hydrogens (tertiary/aromatic N) is 1. The van der Waals surface area contributed by atoms with Gasteiger partial charge in [-0.15, -0.1) is 0 Å². The average Bonchev–Trinajstić information content (AvgIpc) is 1.83. The third-order valence-corrected chi connectivity index (χ3v) is 1.40. The van der Waals surface area contributed by atoms with Crippen LogP contribution in [0, 0.1) is 5.41 Å². The molecule has 0 saturated carbocycles. The van der Waals surface area contributed by atoms with Gasteiger partial charge in [0, 0.05) is 18.8 Å². The Morgan fingerprint density at radius 3 is 2.89 bits per heavy atom. The van der Waals surface area contributed by atoms with Crippen LogP contribution < -0.4 is 5.32 Å². The van der Waals surface area contributed by atoms with E-state index in [1.807, 2.05) is 25.1 Å². The number of rotatable bonds is 0. The van der Waals surface area contributed by atoms with Crippen LogP contribution in [0.5, 0.6) is 0 Å². The second kappa shape index (κ2) is 2.09. The first-order chi connectivity index (χ1) is 4.22. The maximum Gasteiger partial charge on any atom is 0.126 e. The fourth-order valence-corrected chi connectivity index (χ4v) is 0.784. The largest absolute Gasteiger partial charge is 0.373 e. The number of likely N-dealkylation sites (N-methyl/N-ethyl adjacent to an activating group) is 1. The van der Waals surface area contributed by atoms with Crippen molar-refractivity contribution in [3.8, 4) is 0 Å². The highest BCUT2D eigenvalue weighted by atomic mass is 15.2. The maximum absolute atomic E-state index is 7.42. The average molecular weight is 125 g/mol. The first kappa shape index (κ1) is 6.13. The van der Waals surface area contributed by atoms with Crippen LogP contribution in [0.1, 0.15) is 6.92 Å². The quantitative estimate of drug-likeness (QED) is 0.490. The molecule has 0 aromatic rings. The first-order valence-corrected chi connectivity index (χ1v) is 2.92. The molecule has 0 aromatic carbocycles. The minimum Gasteiger partial charge on any atom is -0.373 e. The Kier molecular flexibility index (Phi) is 1.42. The van der Waals surface area contributed by atoms with Gasteiger partial charge in [0.2, 0.25) is 0 Å². The monoisotopic (exact) mass is 125 g/mol. The third-order valence-electron chi connectivity index (χ3n) is 1.40. The first-order valence-electron chi connectivity index (χ1n) is 2.92. The van der Waals surface area contributed by atoms with E-state index < -0.39 is 0 Å². The summed E-state index contributed by atoms with van der Waals surface area (Å²) >= 11 is 0. The van der Waals surface area contributed by atoms with Crippen LogP contribution in [0.4, 0.5) is 0 Å². The van der Waals surface area contributed by atoms with Gasteiger partial charge >= 0.3 is 0 Å². The molecule has 50 valence electrons. The van der Waals surface area contributed by atoms with E-state index in [-0.39, 0.29) is 0 Å². The van der Waals surface area contributed by atoms with Crippen molar-refractivity contribution in [2.75, 3.05) is 13.7 Å². The van der Waals surface area contributed by atoms with Gasteiger partial charge < -0.3 is 10.2 Å². The van der Waals surface area contributed by atoms with Gasteiger partial charge in [0.25, 0.3) is 0 Å². The summed E-state index contributed by atoms with van der Waals surface area (Å²) in [5, 5.41) is 10.5. The molecule has 3 heteroatoms. The maximum atomic E-state index is 7.42. The summed E-state index contributed by atoms with van der Waals surface area (Å²) in [6.45, 7) is 2.67. The van der Waals surface area contributed by atoms with E-state index in [1.54, 1.807) is 0 Å². The number of hydrogen-bond acceptors (Lipinski definition) is 2. The van der Waals surface area contributed by atoms with Gasteiger partial charge in [0.05, 0.1) is 6.67 Å². The standard InChI is InChI=1S/C6H11N3/c1-5-3-8-4-9(2)6(5)7/h3,7-8H,4H2,1-2H3. The van der Waals surface area contributed by atoms with E-state index in [0.717, 1.165) is 12.2 Å². The predicted octanol–water partition coefficient (Wildman–Crippen LogP) is 0.360. The number of nitrogens with one attached hydrogen (secondary N) is 2. The van der Waals surface area contributed by atoms with Crippen molar-refractivity contribution in [3.05, 3.63) is 11.8 Å². The lowest BCUT2D eigenvalue weighted by Gasteiger charge is -2.24.